The Morgan fingerprint density at radius 1 is 1.22 bits per heavy atom. The number of aromatic nitrogens is 2. The maximum Gasteiger partial charge on any atom is 0.274 e. The molecule has 2 saturated heterocycles. The number of hydrogen-bond acceptors (Lipinski definition) is 4. The van der Waals surface area contributed by atoms with Gasteiger partial charge in [0.05, 0.1) is 5.69 Å². The summed E-state index contributed by atoms with van der Waals surface area (Å²) in [4.78, 5) is 22.4. The minimum atomic E-state index is 0.0727. The third-order valence-electron chi connectivity index (χ3n) is 6.02. The SMILES string of the molecule is Cc1cccn2c(CN3CCC[C@H](CO)C3)c(C(=O)N3CCCCC3)nc12. The summed E-state index contributed by atoms with van der Waals surface area (Å²) in [5, 5.41) is 9.55. The van der Waals surface area contributed by atoms with E-state index in [4.69, 9.17) is 4.98 Å². The summed E-state index contributed by atoms with van der Waals surface area (Å²) in [6.45, 7) is 6.55. The number of rotatable bonds is 4. The van der Waals surface area contributed by atoms with Crippen molar-refractivity contribution in [1.29, 1.82) is 0 Å². The van der Waals surface area contributed by atoms with Gasteiger partial charge in [-0.05, 0) is 63.1 Å². The Balaban J connectivity index is 1.68. The smallest absolute Gasteiger partial charge is 0.274 e. The second-order valence-electron chi connectivity index (χ2n) is 8.07. The Kier molecular flexibility index (Phi) is 5.45. The van der Waals surface area contributed by atoms with Gasteiger partial charge in [-0.15, -0.1) is 0 Å². The standard InChI is InChI=1S/C21H30N4O2/c1-16-7-5-12-25-18(14-23-9-6-8-17(13-23)15-26)19(22-20(16)25)21(27)24-10-3-2-4-11-24/h5,7,12,17,26H,2-4,6,8-11,13-15H2,1H3/t17-/m0/s1. The lowest BCUT2D eigenvalue weighted by Crippen LogP contribution is -2.38. The number of carbonyl (C=O) groups is 1. The van der Waals surface area contributed by atoms with E-state index in [1.807, 2.05) is 30.2 Å². The maximum atomic E-state index is 13.3. The summed E-state index contributed by atoms with van der Waals surface area (Å²) in [5.41, 5.74) is 3.56. The Bertz CT molecular complexity index is 810. The molecule has 6 heteroatoms. The Morgan fingerprint density at radius 3 is 2.81 bits per heavy atom. The molecule has 0 aliphatic carbocycles. The van der Waals surface area contributed by atoms with Crippen LogP contribution in [0.5, 0.6) is 0 Å². The number of aryl methyl sites for hydroxylation is 1. The van der Waals surface area contributed by atoms with E-state index in [1.54, 1.807) is 0 Å². The number of fused-ring (bicyclic) bond motifs is 1. The van der Waals surface area contributed by atoms with Gasteiger partial charge in [-0.2, -0.15) is 0 Å². The van der Waals surface area contributed by atoms with Crippen molar-refractivity contribution in [3.05, 3.63) is 35.3 Å². The lowest BCUT2D eigenvalue weighted by molar-refractivity contribution is 0.0713. The fourth-order valence-electron chi connectivity index (χ4n) is 4.48. The topological polar surface area (TPSA) is 61.1 Å². The van der Waals surface area contributed by atoms with Crippen molar-refractivity contribution in [3.8, 4) is 0 Å². The van der Waals surface area contributed by atoms with Crippen molar-refractivity contribution in [2.24, 2.45) is 5.92 Å². The molecule has 0 radical (unpaired) electrons. The minimum absolute atomic E-state index is 0.0727. The van der Waals surface area contributed by atoms with E-state index in [2.05, 4.69) is 9.30 Å². The zero-order chi connectivity index (χ0) is 18.8. The van der Waals surface area contributed by atoms with Crippen molar-refractivity contribution in [2.75, 3.05) is 32.8 Å². The highest BCUT2D eigenvalue weighted by molar-refractivity contribution is 5.94. The van der Waals surface area contributed by atoms with Crippen LogP contribution in [0.2, 0.25) is 0 Å². The summed E-state index contributed by atoms with van der Waals surface area (Å²) in [6, 6.07) is 4.07. The minimum Gasteiger partial charge on any atom is -0.396 e. The number of nitrogens with zero attached hydrogens (tertiary/aromatic N) is 4. The van der Waals surface area contributed by atoms with Gasteiger partial charge in [0.2, 0.25) is 0 Å². The van der Waals surface area contributed by atoms with Gasteiger partial charge in [-0.1, -0.05) is 6.07 Å². The highest BCUT2D eigenvalue weighted by Gasteiger charge is 2.28. The van der Waals surface area contributed by atoms with Gasteiger partial charge in [-0.25, -0.2) is 4.98 Å². The van der Waals surface area contributed by atoms with Gasteiger partial charge in [-0.3, -0.25) is 9.69 Å². The molecule has 0 unspecified atom stereocenters. The predicted octanol–water partition coefficient (Wildman–Crippen LogP) is 2.47. The van der Waals surface area contributed by atoms with Crippen LogP contribution < -0.4 is 0 Å². The molecule has 2 aromatic heterocycles. The van der Waals surface area contributed by atoms with Crippen LogP contribution in [0.1, 0.15) is 53.8 Å². The average Bonchev–Trinajstić information content (AvgIpc) is 3.08. The van der Waals surface area contributed by atoms with Crippen molar-refractivity contribution in [3.63, 3.8) is 0 Å². The van der Waals surface area contributed by atoms with Gasteiger partial charge in [0.25, 0.3) is 5.91 Å². The predicted molar refractivity (Wildman–Crippen MR) is 105 cm³/mol. The normalized spacial score (nSPS) is 21.7. The summed E-state index contributed by atoms with van der Waals surface area (Å²) >= 11 is 0. The Labute approximate surface area is 160 Å². The molecule has 2 aliphatic heterocycles. The highest BCUT2D eigenvalue weighted by Crippen LogP contribution is 2.24. The molecule has 2 fully saturated rings. The van der Waals surface area contributed by atoms with Gasteiger partial charge in [0.1, 0.15) is 5.65 Å². The first-order valence-electron chi connectivity index (χ1n) is 10.3. The fraction of sp³-hybridized carbons (Fsp3) is 0.619. The number of aliphatic hydroxyl groups excluding tert-OH is 1. The van der Waals surface area contributed by atoms with Gasteiger partial charge < -0.3 is 14.4 Å². The van der Waals surface area contributed by atoms with Gasteiger partial charge in [0.15, 0.2) is 5.69 Å². The van der Waals surface area contributed by atoms with Gasteiger partial charge >= 0.3 is 0 Å². The van der Waals surface area contributed by atoms with Crippen LogP contribution in [0.4, 0.5) is 0 Å². The number of amides is 1. The number of aliphatic hydroxyl groups is 1. The van der Waals surface area contributed by atoms with E-state index in [0.717, 1.165) is 68.8 Å². The number of likely N-dealkylation sites (tertiary alicyclic amines) is 2. The molecule has 6 nitrogen and oxygen atoms in total. The first kappa shape index (κ1) is 18.4. The molecule has 4 heterocycles. The van der Waals surface area contributed by atoms with Gasteiger partial charge in [0, 0.05) is 39.0 Å². The van der Waals surface area contributed by atoms with Crippen LogP contribution in [0, 0.1) is 12.8 Å². The molecule has 2 aliphatic rings. The lowest BCUT2D eigenvalue weighted by Gasteiger charge is -2.32. The summed E-state index contributed by atoms with van der Waals surface area (Å²) in [6.07, 6.45) is 7.56. The van der Waals surface area contributed by atoms with Crippen LogP contribution in [0.25, 0.3) is 5.65 Å². The zero-order valence-electron chi connectivity index (χ0n) is 16.2. The number of hydrogen-bond donors (Lipinski definition) is 1. The lowest BCUT2D eigenvalue weighted by atomic mass is 9.99. The number of piperidine rings is 2. The van der Waals surface area contributed by atoms with Crippen LogP contribution in [0.3, 0.4) is 0 Å². The van der Waals surface area contributed by atoms with Crippen LogP contribution in [0.15, 0.2) is 18.3 Å². The zero-order valence-corrected chi connectivity index (χ0v) is 16.2. The molecule has 2 aromatic rings. The molecule has 0 saturated carbocycles. The first-order chi connectivity index (χ1) is 13.2. The van der Waals surface area contributed by atoms with Crippen molar-refractivity contribution >= 4 is 11.6 Å². The Morgan fingerprint density at radius 2 is 2.04 bits per heavy atom. The second kappa shape index (κ2) is 7.98. The van der Waals surface area contributed by atoms with Crippen LogP contribution in [-0.4, -0.2) is 63.0 Å². The van der Waals surface area contributed by atoms with Crippen molar-refractivity contribution in [2.45, 2.75) is 45.6 Å². The molecule has 27 heavy (non-hydrogen) atoms. The molecular weight excluding hydrogens is 340 g/mol. The molecule has 0 bridgehead atoms. The number of pyridine rings is 1. The second-order valence-corrected chi connectivity index (χ2v) is 8.07. The molecule has 4 rings (SSSR count). The molecule has 0 spiro atoms. The molecular formula is C21H30N4O2. The number of carbonyl (C=O) groups excluding carboxylic acids is 1. The molecule has 0 aromatic carbocycles. The summed E-state index contributed by atoms with van der Waals surface area (Å²) in [7, 11) is 0. The number of imidazole rings is 1. The van der Waals surface area contributed by atoms with E-state index in [0.29, 0.717) is 18.2 Å². The first-order valence-corrected chi connectivity index (χ1v) is 10.3. The quantitative estimate of drug-likeness (QED) is 0.898. The van der Waals surface area contributed by atoms with E-state index in [-0.39, 0.29) is 12.5 Å². The summed E-state index contributed by atoms with van der Waals surface area (Å²) in [5.74, 6) is 0.407. The third kappa shape index (κ3) is 3.73. The maximum absolute atomic E-state index is 13.3. The van der Waals surface area contributed by atoms with Crippen LogP contribution in [-0.2, 0) is 6.54 Å². The average molecular weight is 370 g/mol. The van der Waals surface area contributed by atoms with E-state index >= 15 is 0 Å². The summed E-state index contributed by atoms with van der Waals surface area (Å²) < 4.78 is 2.09. The van der Waals surface area contributed by atoms with E-state index < -0.39 is 0 Å². The highest BCUT2D eigenvalue weighted by atomic mass is 16.3. The molecule has 1 N–H and O–H groups in total. The molecule has 146 valence electrons. The molecule has 1 amide bonds. The van der Waals surface area contributed by atoms with Crippen molar-refractivity contribution in [1.82, 2.24) is 19.2 Å². The molecule has 1 atom stereocenters. The van der Waals surface area contributed by atoms with E-state index in [9.17, 15) is 9.90 Å². The Hall–Kier alpha value is -1.92. The largest absolute Gasteiger partial charge is 0.396 e. The van der Waals surface area contributed by atoms with E-state index in [1.165, 1.54) is 6.42 Å². The van der Waals surface area contributed by atoms with Crippen molar-refractivity contribution < 1.29 is 9.90 Å². The third-order valence-corrected chi connectivity index (χ3v) is 6.02. The van der Waals surface area contributed by atoms with Crippen LogP contribution >= 0.6 is 0 Å². The monoisotopic (exact) mass is 370 g/mol. The fourth-order valence-corrected chi connectivity index (χ4v) is 4.48.